The molecule has 102 valence electrons. The highest BCUT2D eigenvalue weighted by Crippen LogP contribution is 2.40. The third-order valence-electron chi connectivity index (χ3n) is 3.50. The second-order valence-electron chi connectivity index (χ2n) is 4.68. The van der Waals surface area contributed by atoms with Crippen LogP contribution < -0.4 is 9.47 Å². The highest BCUT2D eigenvalue weighted by Gasteiger charge is 2.44. The van der Waals surface area contributed by atoms with E-state index in [0.717, 1.165) is 0 Å². The lowest BCUT2D eigenvalue weighted by Crippen LogP contribution is -2.44. The van der Waals surface area contributed by atoms with Crippen molar-refractivity contribution in [2.45, 2.75) is 5.60 Å². The molecule has 20 heavy (non-hydrogen) atoms. The van der Waals surface area contributed by atoms with Crippen LogP contribution in [0.4, 0.5) is 0 Å². The predicted molar refractivity (Wildman–Crippen MR) is 73.2 cm³/mol. The molecule has 1 aliphatic rings. The number of ether oxygens (including phenoxy) is 2. The molecule has 3 rings (SSSR count). The van der Waals surface area contributed by atoms with Gasteiger partial charge in [0.05, 0.1) is 12.7 Å². The molecule has 0 bridgehead atoms. The number of ketones is 1. The highest BCUT2D eigenvalue weighted by molar-refractivity contribution is 6.06. The van der Waals surface area contributed by atoms with Crippen LogP contribution in [0, 0.1) is 0 Å². The second kappa shape index (κ2) is 4.65. The van der Waals surface area contributed by atoms with Gasteiger partial charge in [0.15, 0.2) is 17.1 Å². The van der Waals surface area contributed by atoms with Crippen molar-refractivity contribution in [3.8, 4) is 11.5 Å². The average Bonchev–Trinajstić information content (AvgIpc) is 2.51. The lowest BCUT2D eigenvalue weighted by atomic mass is 9.84. The maximum absolute atomic E-state index is 12.6. The summed E-state index contributed by atoms with van der Waals surface area (Å²) in [6, 6.07) is 13.9. The van der Waals surface area contributed by atoms with Crippen LogP contribution in [0.5, 0.6) is 11.5 Å². The third-order valence-corrected chi connectivity index (χ3v) is 3.50. The van der Waals surface area contributed by atoms with Crippen LogP contribution in [0.25, 0.3) is 0 Å². The average molecular weight is 270 g/mol. The Balaban J connectivity index is 2.10. The summed E-state index contributed by atoms with van der Waals surface area (Å²) in [5, 5.41) is 10.7. The maximum Gasteiger partial charge on any atom is 0.206 e. The quantitative estimate of drug-likeness (QED) is 0.908. The SMILES string of the molecule is COc1cccc2c1OC[C@@](O)(c1ccccc1)C2=O. The van der Waals surface area contributed by atoms with Crippen molar-refractivity contribution in [2.24, 2.45) is 0 Å². The number of carbonyl (C=O) groups is 1. The van der Waals surface area contributed by atoms with Crippen LogP contribution in [0.3, 0.4) is 0 Å². The van der Waals surface area contributed by atoms with E-state index >= 15 is 0 Å². The van der Waals surface area contributed by atoms with E-state index in [2.05, 4.69) is 0 Å². The Bertz CT molecular complexity index is 651. The monoisotopic (exact) mass is 270 g/mol. The Morgan fingerprint density at radius 1 is 1.15 bits per heavy atom. The molecule has 1 N–H and O–H groups in total. The fourth-order valence-corrected chi connectivity index (χ4v) is 2.40. The van der Waals surface area contributed by atoms with E-state index in [1.807, 2.05) is 6.07 Å². The summed E-state index contributed by atoms with van der Waals surface area (Å²) in [4.78, 5) is 12.6. The third kappa shape index (κ3) is 1.77. The summed E-state index contributed by atoms with van der Waals surface area (Å²) in [7, 11) is 1.52. The van der Waals surface area contributed by atoms with Crippen LogP contribution in [0.2, 0.25) is 0 Å². The first kappa shape index (κ1) is 12.7. The van der Waals surface area contributed by atoms with E-state index in [4.69, 9.17) is 9.47 Å². The van der Waals surface area contributed by atoms with E-state index in [9.17, 15) is 9.90 Å². The van der Waals surface area contributed by atoms with E-state index in [0.29, 0.717) is 22.6 Å². The Morgan fingerprint density at radius 2 is 1.90 bits per heavy atom. The van der Waals surface area contributed by atoms with Crippen LogP contribution >= 0.6 is 0 Å². The zero-order chi connectivity index (χ0) is 14.2. The summed E-state index contributed by atoms with van der Waals surface area (Å²) < 4.78 is 10.8. The molecule has 2 aromatic rings. The van der Waals surface area contributed by atoms with Gasteiger partial charge in [-0.15, -0.1) is 0 Å². The van der Waals surface area contributed by atoms with Crippen molar-refractivity contribution in [3.63, 3.8) is 0 Å². The predicted octanol–water partition coefficient (Wildman–Crippen LogP) is 2.16. The van der Waals surface area contributed by atoms with E-state index < -0.39 is 5.60 Å². The van der Waals surface area contributed by atoms with Crippen molar-refractivity contribution in [3.05, 3.63) is 59.7 Å². The Kier molecular flexibility index (Phi) is 2.95. The number of para-hydroxylation sites is 1. The van der Waals surface area contributed by atoms with Crippen LogP contribution in [-0.2, 0) is 5.60 Å². The molecule has 4 heteroatoms. The minimum atomic E-state index is -1.65. The van der Waals surface area contributed by atoms with E-state index in [1.165, 1.54) is 7.11 Å². The molecule has 1 heterocycles. The molecule has 0 saturated carbocycles. The fourth-order valence-electron chi connectivity index (χ4n) is 2.40. The molecule has 4 nitrogen and oxygen atoms in total. The molecule has 0 fully saturated rings. The Morgan fingerprint density at radius 3 is 2.60 bits per heavy atom. The zero-order valence-corrected chi connectivity index (χ0v) is 11.0. The van der Waals surface area contributed by atoms with Crippen LogP contribution in [-0.4, -0.2) is 24.6 Å². The van der Waals surface area contributed by atoms with Gasteiger partial charge in [0.25, 0.3) is 0 Å². The maximum atomic E-state index is 12.6. The summed E-state index contributed by atoms with van der Waals surface area (Å²) in [5.74, 6) is 0.510. The molecule has 0 radical (unpaired) electrons. The molecule has 0 unspecified atom stereocenters. The number of carbonyl (C=O) groups excluding carboxylic acids is 1. The lowest BCUT2D eigenvalue weighted by molar-refractivity contribution is -0.00574. The highest BCUT2D eigenvalue weighted by atomic mass is 16.5. The molecule has 0 saturated heterocycles. The number of rotatable bonds is 2. The molecular formula is C16H14O4. The summed E-state index contributed by atoms with van der Waals surface area (Å²) in [5.41, 5.74) is -0.791. The smallest absolute Gasteiger partial charge is 0.206 e. The fraction of sp³-hybridized carbons (Fsp3) is 0.188. The van der Waals surface area contributed by atoms with Crippen molar-refractivity contribution >= 4 is 5.78 Å². The minimum absolute atomic E-state index is 0.122. The first-order chi connectivity index (χ1) is 9.66. The summed E-state index contributed by atoms with van der Waals surface area (Å²) >= 11 is 0. The molecule has 1 atom stereocenters. The topological polar surface area (TPSA) is 55.8 Å². The molecular weight excluding hydrogens is 256 g/mol. The van der Waals surface area contributed by atoms with Gasteiger partial charge in [-0.05, 0) is 17.7 Å². The first-order valence-electron chi connectivity index (χ1n) is 6.29. The van der Waals surface area contributed by atoms with Gasteiger partial charge in [-0.1, -0.05) is 36.4 Å². The molecule has 0 aromatic heterocycles. The van der Waals surface area contributed by atoms with Crippen molar-refractivity contribution in [2.75, 3.05) is 13.7 Å². The first-order valence-corrected chi connectivity index (χ1v) is 6.29. The number of benzene rings is 2. The van der Waals surface area contributed by atoms with Crippen molar-refractivity contribution in [1.82, 2.24) is 0 Å². The zero-order valence-electron chi connectivity index (χ0n) is 11.0. The number of aliphatic hydroxyl groups is 1. The summed E-state index contributed by atoms with van der Waals surface area (Å²) in [6.45, 7) is -0.122. The number of Topliss-reactive ketones (excluding diaryl/α,β-unsaturated/α-hetero) is 1. The Labute approximate surface area is 116 Å². The van der Waals surface area contributed by atoms with Gasteiger partial charge in [0, 0.05) is 0 Å². The van der Waals surface area contributed by atoms with Crippen molar-refractivity contribution < 1.29 is 19.4 Å². The minimum Gasteiger partial charge on any atom is -0.493 e. The number of hydrogen-bond acceptors (Lipinski definition) is 4. The molecule has 0 amide bonds. The van der Waals surface area contributed by atoms with E-state index in [-0.39, 0.29) is 12.4 Å². The molecule has 1 aliphatic heterocycles. The number of hydrogen-bond donors (Lipinski definition) is 1. The molecule has 0 aliphatic carbocycles. The van der Waals surface area contributed by atoms with Gasteiger partial charge in [0.1, 0.15) is 6.61 Å². The van der Waals surface area contributed by atoms with Gasteiger partial charge in [-0.3, -0.25) is 4.79 Å². The normalized spacial score (nSPS) is 21.0. The second-order valence-corrected chi connectivity index (χ2v) is 4.68. The molecule has 2 aromatic carbocycles. The standard InChI is InChI=1S/C16H14O4/c1-19-13-9-5-8-12-14(13)20-10-16(18,15(12)17)11-6-3-2-4-7-11/h2-9,18H,10H2,1H3/t16-/m1/s1. The van der Waals surface area contributed by atoms with Gasteiger partial charge in [-0.25, -0.2) is 0 Å². The van der Waals surface area contributed by atoms with Gasteiger partial charge >= 0.3 is 0 Å². The number of fused-ring (bicyclic) bond motifs is 1. The largest absolute Gasteiger partial charge is 0.493 e. The van der Waals surface area contributed by atoms with Gasteiger partial charge in [0.2, 0.25) is 5.78 Å². The van der Waals surface area contributed by atoms with Gasteiger partial charge < -0.3 is 14.6 Å². The molecule has 0 spiro atoms. The van der Waals surface area contributed by atoms with Gasteiger partial charge in [-0.2, -0.15) is 0 Å². The number of methoxy groups -OCH3 is 1. The Hall–Kier alpha value is -2.33. The van der Waals surface area contributed by atoms with Crippen LogP contribution in [0.15, 0.2) is 48.5 Å². The summed E-state index contributed by atoms with van der Waals surface area (Å²) in [6.07, 6.45) is 0. The lowest BCUT2D eigenvalue weighted by Gasteiger charge is -2.32. The van der Waals surface area contributed by atoms with E-state index in [1.54, 1.807) is 42.5 Å². The van der Waals surface area contributed by atoms with Crippen LogP contribution in [0.1, 0.15) is 15.9 Å². The van der Waals surface area contributed by atoms with Crippen molar-refractivity contribution in [1.29, 1.82) is 0 Å².